The number of hydrogen-bond acceptors (Lipinski definition) is 6. The summed E-state index contributed by atoms with van der Waals surface area (Å²) in [6.45, 7) is 1.40. The van der Waals surface area contributed by atoms with Crippen LogP contribution in [0.3, 0.4) is 0 Å². The average molecular weight is 473 g/mol. The highest BCUT2D eigenvalue weighted by Crippen LogP contribution is 2.36. The fourth-order valence-electron chi connectivity index (χ4n) is 3.89. The van der Waals surface area contributed by atoms with Gasteiger partial charge in [0, 0.05) is 41.7 Å². The number of rotatable bonds is 6. The number of methoxy groups -OCH3 is 3. The molecule has 0 bridgehead atoms. The highest BCUT2D eigenvalue weighted by atomic mass is 35.5. The number of piperidine rings is 1. The van der Waals surface area contributed by atoms with Crippen LogP contribution in [0.5, 0.6) is 17.2 Å². The lowest BCUT2D eigenvalue weighted by atomic mass is 9.97. The second-order valence-electron chi connectivity index (χ2n) is 7.55. The highest BCUT2D eigenvalue weighted by molar-refractivity contribution is 7.18. The largest absolute Gasteiger partial charge is 0.496 e. The molecule has 0 N–H and O–H groups in total. The first-order chi connectivity index (χ1) is 15.5. The van der Waals surface area contributed by atoms with Crippen molar-refractivity contribution >= 4 is 45.1 Å². The summed E-state index contributed by atoms with van der Waals surface area (Å²) in [5, 5.41) is 1.83. The van der Waals surface area contributed by atoms with Gasteiger partial charge in [-0.1, -0.05) is 11.6 Å². The lowest BCUT2D eigenvalue weighted by molar-refractivity contribution is -0.126. The fourth-order valence-corrected chi connectivity index (χ4v) is 5.17. The zero-order valence-corrected chi connectivity index (χ0v) is 19.8. The minimum absolute atomic E-state index is 0.0173. The number of nitrogens with zero attached hydrogens (tertiary/aromatic N) is 2. The molecular weight excluding hydrogens is 448 g/mol. The van der Waals surface area contributed by atoms with Gasteiger partial charge in [-0.15, -0.1) is 11.3 Å². The quantitative estimate of drug-likeness (QED) is 0.450. The van der Waals surface area contributed by atoms with Crippen molar-refractivity contribution in [3.63, 3.8) is 0 Å². The molecule has 1 aromatic heterocycles. The van der Waals surface area contributed by atoms with Crippen LogP contribution in [0.1, 0.15) is 29.3 Å². The van der Waals surface area contributed by atoms with Crippen LogP contribution in [0.2, 0.25) is 5.02 Å². The molecule has 1 amide bonds. The molecule has 32 heavy (non-hydrogen) atoms. The lowest BCUT2D eigenvalue weighted by Crippen LogP contribution is -2.36. The third kappa shape index (κ3) is 4.69. The summed E-state index contributed by atoms with van der Waals surface area (Å²) in [7, 11) is 4.73. The molecule has 1 aliphatic heterocycles. The number of thiazole rings is 1. The first kappa shape index (κ1) is 22.4. The van der Waals surface area contributed by atoms with Crippen molar-refractivity contribution in [3.8, 4) is 17.2 Å². The van der Waals surface area contributed by atoms with Crippen LogP contribution in [-0.4, -0.2) is 50.2 Å². The summed E-state index contributed by atoms with van der Waals surface area (Å²) in [6.07, 6.45) is 5.13. The molecular formula is C24H25ClN2O4S. The molecule has 0 atom stereocenters. The van der Waals surface area contributed by atoms with Crippen LogP contribution >= 0.6 is 22.9 Å². The summed E-state index contributed by atoms with van der Waals surface area (Å²) in [5.74, 6) is 2.12. The molecule has 2 aromatic carbocycles. The number of halogens is 1. The number of aromatic nitrogens is 1. The fraction of sp³-hybridized carbons (Fsp3) is 0.333. The first-order valence-corrected chi connectivity index (χ1v) is 11.5. The molecule has 0 radical (unpaired) electrons. The zero-order valence-electron chi connectivity index (χ0n) is 18.3. The second kappa shape index (κ2) is 9.79. The number of carbonyl (C=O) groups is 1. The number of amides is 1. The van der Waals surface area contributed by atoms with Gasteiger partial charge in [-0.3, -0.25) is 4.79 Å². The molecule has 1 fully saturated rings. The zero-order chi connectivity index (χ0) is 22.7. The van der Waals surface area contributed by atoms with Crippen LogP contribution in [0.4, 0.5) is 0 Å². The minimum Gasteiger partial charge on any atom is -0.496 e. The van der Waals surface area contributed by atoms with Gasteiger partial charge in [-0.05, 0) is 43.2 Å². The van der Waals surface area contributed by atoms with Gasteiger partial charge in [0.2, 0.25) is 5.91 Å². The Morgan fingerprint density at radius 1 is 1.06 bits per heavy atom. The van der Waals surface area contributed by atoms with E-state index in [0.29, 0.717) is 41.3 Å². The van der Waals surface area contributed by atoms with Gasteiger partial charge in [0.25, 0.3) is 0 Å². The molecule has 2 heterocycles. The average Bonchev–Trinajstić information content (AvgIpc) is 3.25. The third-order valence-electron chi connectivity index (χ3n) is 5.66. The van der Waals surface area contributed by atoms with Crippen molar-refractivity contribution in [1.29, 1.82) is 0 Å². The van der Waals surface area contributed by atoms with Gasteiger partial charge >= 0.3 is 0 Å². The van der Waals surface area contributed by atoms with E-state index in [1.165, 1.54) is 0 Å². The molecule has 0 aliphatic carbocycles. The molecule has 0 spiro atoms. The Labute approximate surface area is 196 Å². The summed E-state index contributed by atoms with van der Waals surface area (Å²) in [5.41, 5.74) is 1.70. The van der Waals surface area contributed by atoms with Crippen molar-refractivity contribution in [1.82, 2.24) is 9.88 Å². The predicted molar refractivity (Wildman–Crippen MR) is 128 cm³/mol. The number of hydrogen-bond donors (Lipinski definition) is 0. The third-order valence-corrected chi connectivity index (χ3v) is 7.10. The van der Waals surface area contributed by atoms with Gasteiger partial charge in [0.05, 0.1) is 36.6 Å². The Balaban J connectivity index is 1.41. The molecule has 0 unspecified atom stereocenters. The second-order valence-corrected chi connectivity index (χ2v) is 9.04. The van der Waals surface area contributed by atoms with E-state index in [4.69, 9.17) is 30.8 Å². The Bertz CT molecular complexity index is 1150. The van der Waals surface area contributed by atoms with Gasteiger partial charge < -0.3 is 19.1 Å². The van der Waals surface area contributed by atoms with Gasteiger partial charge in [0.15, 0.2) is 11.5 Å². The van der Waals surface area contributed by atoms with Crippen molar-refractivity contribution in [2.45, 2.75) is 18.8 Å². The molecule has 8 heteroatoms. The van der Waals surface area contributed by atoms with E-state index in [1.54, 1.807) is 57.0 Å². The van der Waals surface area contributed by atoms with E-state index in [9.17, 15) is 4.79 Å². The van der Waals surface area contributed by atoms with Crippen LogP contribution in [0, 0.1) is 0 Å². The SMILES string of the molecule is COc1cc(OC)c(OC)cc1/C=C/C(=O)N1CCC(c2nc3cc(Cl)ccc3s2)CC1. The highest BCUT2D eigenvalue weighted by Gasteiger charge is 2.25. The first-order valence-electron chi connectivity index (χ1n) is 10.4. The van der Waals surface area contributed by atoms with Crippen LogP contribution in [0.15, 0.2) is 36.4 Å². The number of carbonyl (C=O) groups excluding carboxylic acids is 1. The maximum Gasteiger partial charge on any atom is 0.246 e. The molecule has 0 saturated carbocycles. The summed E-state index contributed by atoms with van der Waals surface area (Å²) < 4.78 is 17.3. The number of ether oxygens (including phenoxy) is 3. The summed E-state index contributed by atoms with van der Waals surface area (Å²) in [4.78, 5) is 19.4. The topological polar surface area (TPSA) is 60.9 Å². The van der Waals surface area contributed by atoms with Gasteiger partial charge in [-0.25, -0.2) is 4.98 Å². The molecule has 6 nitrogen and oxygen atoms in total. The van der Waals surface area contributed by atoms with Crippen LogP contribution in [0.25, 0.3) is 16.3 Å². The number of benzene rings is 2. The van der Waals surface area contributed by atoms with Crippen molar-refractivity contribution in [2.24, 2.45) is 0 Å². The maximum atomic E-state index is 12.8. The van der Waals surface area contributed by atoms with E-state index in [2.05, 4.69) is 0 Å². The van der Waals surface area contributed by atoms with E-state index in [-0.39, 0.29) is 5.91 Å². The normalized spacial score (nSPS) is 14.8. The Hall–Kier alpha value is -2.77. The Kier molecular flexibility index (Phi) is 6.86. The number of fused-ring (bicyclic) bond motifs is 1. The Morgan fingerprint density at radius 2 is 1.75 bits per heavy atom. The molecule has 1 saturated heterocycles. The molecule has 1 aliphatic rings. The predicted octanol–water partition coefficient (Wildman–Crippen LogP) is 5.39. The van der Waals surface area contributed by atoms with Gasteiger partial charge in [-0.2, -0.15) is 0 Å². The standard InChI is InChI=1S/C24H25ClN2O4S/c1-29-19-14-21(31-3)20(30-2)12-16(19)4-7-23(28)27-10-8-15(9-11-27)24-26-18-13-17(25)5-6-22(18)32-24/h4-7,12-15H,8-11H2,1-3H3/b7-4+. The smallest absolute Gasteiger partial charge is 0.246 e. The maximum absolute atomic E-state index is 12.8. The molecule has 168 valence electrons. The van der Waals surface area contributed by atoms with E-state index >= 15 is 0 Å². The molecule has 4 rings (SSSR count). The lowest BCUT2D eigenvalue weighted by Gasteiger charge is -2.30. The molecule has 3 aromatic rings. The van der Waals surface area contributed by atoms with Gasteiger partial charge in [0.1, 0.15) is 5.75 Å². The number of likely N-dealkylation sites (tertiary alicyclic amines) is 1. The van der Waals surface area contributed by atoms with Crippen molar-refractivity contribution in [3.05, 3.63) is 52.0 Å². The van der Waals surface area contributed by atoms with Crippen LogP contribution < -0.4 is 14.2 Å². The van der Waals surface area contributed by atoms with E-state index in [0.717, 1.165) is 33.6 Å². The van der Waals surface area contributed by atoms with E-state index in [1.807, 2.05) is 23.1 Å². The summed E-state index contributed by atoms with van der Waals surface area (Å²) in [6, 6.07) is 9.37. The van der Waals surface area contributed by atoms with E-state index < -0.39 is 0 Å². The van der Waals surface area contributed by atoms with Crippen LogP contribution in [-0.2, 0) is 4.79 Å². The minimum atomic E-state index is -0.0173. The summed E-state index contributed by atoms with van der Waals surface area (Å²) >= 11 is 7.80. The van der Waals surface area contributed by atoms with Crippen molar-refractivity contribution < 1.29 is 19.0 Å². The van der Waals surface area contributed by atoms with Crippen molar-refractivity contribution in [2.75, 3.05) is 34.4 Å². The Morgan fingerprint density at radius 3 is 2.44 bits per heavy atom. The monoisotopic (exact) mass is 472 g/mol.